The Morgan fingerprint density at radius 2 is 2.24 bits per heavy atom. The third-order valence-corrected chi connectivity index (χ3v) is 3.68. The predicted molar refractivity (Wildman–Crippen MR) is 83.9 cm³/mol. The van der Waals surface area contributed by atoms with Crippen LogP contribution in [0.15, 0.2) is 29.0 Å². The molecule has 0 spiro atoms. The van der Waals surface area contributed by atoms with Crippen LogP contribution in [0.3, 0.4) is 0 Å². The minimum absolute atomic E-state index is 0.575. The van der Waals surface area contributed by atoms with Gasteiger partial charge in [-0.3, -0.25) is 0 Å². The Bertz CT molecular complexity index is 649. The molecule has 0 amide bonds. The molecule has 0 unspecified atom stereocenters. The lowest BCUT2D eigenvalue weighted by atomic mass is 10.1. The Balaban J connectivity index is 1.75. The summed E-state index contributed by atoms with van der Waals surface area (Å²) in [5, 5.41) is 3.28. The second-order valence-corrected chi connectivity index (χ2v) is 5.60. The van der Waals surface area contributed by atoms with Crippen molar-refractivity contribution in [2.45, 2.75) is 19.9 Å². The van der Waals surface area contributed by atoms with Gasteiger partial charge in [0, 0.05) is 29.1 Å². The molecule has 0 atom stereocenters. The van der Waals surface area contributed by atoms with Crippen LogP contribution >= 0.6 is 15.9 Å². The van der Waals surface area contributed by atoms with Crippen molar-refractivity contribution in [2.75, 3.05) is 18.5 Å². The second-order valence-electron chi connectivity index (χ2n) is 4.68. The van der Waals surface area contributed by atoms with Gasteiger partial charge < -0.3 is 14.8 Å². The van der Waals surface area contributed by atoms with Gasteiger partial charge in [-0.2, -0.15) is 0 Å². The quantitative estimate of drug-likeness (QED) is 0.898. The van der Waals surface area contributed by atoms with E-state index in [9.17, 15) is 0 Å². The zero-order chi connectivity index (χ0) is 14.7. The molecule has 0 bridgehead atoms. The highest BCUT2D eigenvalue weighted by molar-refractivity contribution is 9.10. The SMILES string of the molecule is CCOc1cc(NCc2cc(Br)cc3c2OCC3)ncn1. The maximum Gasteiger partial charge on any atom is 0.218 e. The van der Waals surface area contributed by atoms with Gasteiger partial charge >= 0.3 is 0 Å². The molecule has 1 aromatic heterocycles. The molecular formula is C15H16BrN3O2. The molecule has 21 heavy (non-hydrogen) atoms. The number of fused-ring (bicyclic) bond motifs is 1. The van der Waals surface area contributed by atoms with Crippen LogP contribution < -0.4 is 14.8 Å². The summed E-state index contributed by atoms with van der Waals surface area (Å²) in [6, 6.07) is 5.98. The van der Waals surface area contributed by atoms with E-state index in [0.717, 1.165) is 34.6 Å². The van der Waals surface area contributed by atoms with E-state index >= 15 is 0 Å². The van der Waals surface area contributed by atoms with E-state index in [1.165, 1.54) is 11.9 Å². The van der Waals surface area contributed by atoms with Gasteiger partial charge in [0.05, 0.1) is 13.2 Å². The van der Waals surface area contributed by atoms with Crippen LogP contribution in [-0.2, 0) is 13.0 Å². The Morgan fingerprint density at radius 3 is 3.10 bits per heavy atom. The summed E-state index contributed by atoms with van der Waals surface area (Å²) in [4.78, 5) is 8.25. The third kappa shape index (κ3) is 3.26. The van der Waals surface area contributed by atoms with Crippen LogP contribution in [-0.4, -0.2) is 23.2 Å². The van der Waals surface area contributed by atoms with Crippen molar-refractivity contribution in [3.8, 4) is 11.6 Å². The number of ether oxygens (including phenoxy) is 2. The Labute approximate surface area is 131 Å². The van der Waals surface area contributed by atoms with E-state index in [1.807, 2.05) is 6.92 Å². The van der Waals surface area contributed by atoms with Crippen LogP contribution in [0.1, 0.15) is 18.1 Å². The summed E-state index contributed by atoms with van der Waals surface area (Å²) in [5.41, 5.74) is 2.37. The number of aromatic nitrogens is 2. The van der Waals surface area contributed by atoms with E-state index in [2.05, 4.69) is 43.3 Å². The summed E-state index contributed by atoms with van der Waals surface area (Å²) in [7, 11) is 0. The average molecular weight is 350 g/mol. The van der Waals surface area contributed by atoms with Gasteiger partial charge in [0.15, 0.2) is 0 Å². The van der Waals surface area contributed by atoms with Gasteiger partial charge in [-0.15, -0.1) is 0 Å². The highest BCUT2D eigenvalue weighted by Gasteiger charge is 2.17. The van der Waals surface area contributed by atoms with Gasteiger partial charge in [-0.25, -0.2) is 9.97 Å². The molecule has 0 radical (unpaired) electrons. The second kappa shape index (κ2) is 6.30. The number of anilines is 1. The van der Waals surface area contributed by atoms with Crippen molar-refractivity contribution >= 4 is 21.7 Å². The minimum atomic E-state index is 0.575. The smallest absolute Gasteiger partial charge is 0.218 e. The van der Waals surface area contributed by atoms with Crippen molar-refractivity contribution in [1.82, 2.24) is 9.97 Å². The van der Waals surface area contributed by atoms with Gasteiger partial charge in [0.2, 0.25) is 5.88 Å². The first-order valence-corrected chi connectivity index (χ1v) is 7.68. The minimum Gasteiger partial charge on any atom is -0.493 e. The molecule has 1 aromatic carbocycles. The van der Waals surface area contributed by atoms with Crippen LogP contribution in [0, 0.1) is 0 Å². The summed E-state index contributed by atoms with van der Waals surface area (Å²) in [6.45, 7) is 3.91. The van der Waals surface area contributed by atoms with Crippen LogP contribution in [0.2, 0.25) is 0 Å². The maximum absolute atomic E-state index is 5.72. The summed E-state index contributed by atoms with van der Waals surface area (Å²) < 4.78 is 12.2. The third-order valence-electron chi connectivity index (χ3n) is 3.22. The molecule has 6 heteroatoms. The number of halogens is 1. The summed E-state index contributed by atoms with van der Waals surface area (Å²) in [5.74, 6) is 2.30. The number of rotatable bonds is 5. The number of nitrogens with zero attached hydrogens (tertiary/aromatic N) is 2. The molecule has 5 nitrogen and oxygen atoms in total. The Hall–Kier alpha value is -1.82. The van der Waals surface area contributed by atoms with Gasteiger partial charge in [0.1, 0.15) is 17.9 Å². The largest absolute Gasteiger partial charge is 0.493 e. The molecule has 1 aliphatic rings. The van der Waals surface area contributed by atoms with Crippen LogP contribution in [0.25, 0.3) is 0 Å². The molecule has 1 aliphatic heterocycles. The lowest BCUT2D eigenvalue weighted by molar-refractivity contribution is 0.326. The number of hydrogen-bond acceptors (Lipinski definition) is 5. The first kappa shape index (κ1) is 14.1. The highest BCUT2D eigenvalue weighted by atomic mass is 79.9. The summed E-state index contributed by atoms with van der Waals surface area (Å²) >= 11 is 3.55. The van der Waals surface area contributed by atoms with Crippen LogP contribution in [0.4, 0.5) is 5.82 Å². The van der Waals surface area contributed by atoms with E-state index in [0.29, 0.717) is 19.0 Å². The fraction of sp³-hybridized carbons (Fsp3) is 0.333. The molecule has 0 saturated carbocycles. The van der Waals surface area contributed by atoms with E-state index in [1.54, 1.807) is 6.07 Å². The molecule has 110 valence electrons. The fourth-order valence-corrected chi connectivity index (χ4v) is 2.88. The van der Waals surface area contributed by atoms with Crippen molar-refractivity contribution < 1.29 is 9.47 Å². The first-order chi connectivity index (χ1) is 10.3. The molecule has 1 N–H and O–H groups in total. The zero-order valence-corrected chi connectivity index (χ0v) is 13.3. The molecular weight excluding hydrogens is 334 g/mol. The number of hydrogen-bond donors (Lipinski definition) is 1. The maximum atomic E-state index is 5.72. The zero-order valence-electron chi connectivity index (χ0n) is 11.7. The van der Waals surface area contributed by atoms with E-state index in [-0.39, 0.29) is 0 Å². The lowest BCUT2D eigenvalue weighted by Gasteiger charge is -2.11. The number of nitrogens with one attached hydrogen (secondary N) is 1. The van der Waals surface area contributed by atoms with Crippen molar-refractivity contribution in [3.05, 3.63) is 40.1 Å². The van der Waals surface area contributed by atoms with Crippen molar-refractivity contribution in [2.24, 2.45) is 0 Å². The fourth-order valence-electron chi connectivity index (χ4n) is 2.33. The van der Waals surface area contributed by atoms with E-state index < -0.39 is 0 Å². The van der Waals surface area contributed by atoms with E-state index in [4.69, 9.17) is 9.47 Å². The normalized spacial score (nSPS) is 12.7. The van der Waals surface area contributed by atoms with Gasteiger partial charge in [-0.1, -0.05) is 15.9 Å². The average Bonchev–Trinajstić information content (AvgIpc) is 2.93. The predicted octanol–water partition coefficient (Wildman–Crippen LogP) is 3.18. The number of benzene rings is 1. The monoisotopic (exact) mass is 349 g/mol. The molecule has 0 fully saturated rings. The van der Waals surface area contributed by atoms with Gasteiger partial charge in [0.25, 0.3) is 0 Å². The molecule has 2 heterocycles. The summed E-state index contributed by atoms with van der Waals surface area (Å²) in [6.07, 6.45) is 2.46. The molecule has 0 aliphatic carbocycles. The molecule has 2 aromatic rings. The topological polar surface area (TPSA) is 56.3 Å². The van der Waals surface area contributed by atoms with Crippen LogP contribution in [0.5, 0.6) is 11.6 Å². The lowest BCUT2D eigenvalue weighted by Crippen LogP contribution is -2.04. The van der Waals surface area contributed by atoms with Gasteiger partial charge in [-0.05, 0) is 24.6 Å². The molecule has 3 rings (SSSR count). The Kier molecular flexibility index (Phi) is 4.24. The van der Waals surface area contributed by atoms with Crippen molar-refractivity contribution in [3.63, 3.8) is 0 Å². The molecule has 0 saturated heterocycles. The van der Waals surface area contributed by atoms with Crippen molar-refractivity contribution in [1.29, 1.82) is 0 Å². The Morgan fingerprint density at radius 1 is 1.33 bits per heavy atom. The highest BCUT2D eigenvalue weighted by Crippen LogP contribution is 2.33. The first-order valence-electron chi connectivity index (χ1n) is 6.89. The standard InChI is InChI=1S/C15H16BrN3O2/c1-2-20-14-7-13(18-9-19-14)17-8-11-6-12(16)5-10-3-4-21-15(10)11/h5-7,9H,2-4,8H2,1H3,(H,17,18,19).